The molecule has 1 aromatic carbocycles. The van der Waals surface area contributed by atoms with Gasteiger partial charge in [-0.05, 0) is 30.5 Å². The van der Waals surface area contributed by atoms with E-state index in [4.69, 9.17) is 16.1 Å². The van der Waals surface area contributed by atoms with Gasteiger partial charge in [0.2, 0.25) is 7.37 Å². The van der Waals surface area contributed by atoms with Crippen molar-refractivity contribution >= 4 is 19.0 Å². The lowest BCUT2D eigenvalue weighted by molar-refractivity contribution is 0.304. The van der Waals surface area contributed by atoms with E-state index in [0.29, 0.717) is 24.0 Å². The first-order valence-electron chi connectivity index (χ1n) is 7.56. The zero-order valence-corrected chi connectivity index (χ0v) is 14.3. The maximum absolute atomic E-state index is 13.0. The van der Waals surface area contributed by atoms with Crippen LogP contribution >= 0.6 is 19.0 Å². The molecule has 0 N–H and O–H groups in total. The summed E-state index contributed by atoms with van der Waals surface area (Å²) >= 11 is 5.89. The molecular weight excluding hydrogens is 291 g/mol. The Kier molecular flexibility index (Phi) is 8.52. The largest absolute Gasteiger partial charge is 0.328 e. The van der Waals surface area contributed by atoms with Crippen molar-refractivity contribution < 1.29 is 9.09 Å². The zero-order chi connectivity index (χ0) is 14.8. The van der Waals surface area contributed by atoms with Gasteiger partial charge in [-0.1, -0.05) is 56.8 Å². The van der Waals surface area contributed by atoms with Gasteiger partial charge in [0.15, 0.2) is 0 Å². The molecule has 1 unspecified atom stereocenters. The number of halogens is 1. The predicted molar refractivity (Wildman–Crippen MR) is 88.0 cm³/mol. The van der Waals surface area contributed by atoms with Crippen LogP contribution in [0.25, 0.3) is 0 Å². The van der Waals surface area contributed by atoms with E-state index in [1.165, 1.54) is 0 Å². The predicted octanol–water partition coefficient (Wildman–Crippen LogP) is 6.13. The van der Waals surface area contributed by atoms with Crippen molar-refractivity contribution in [1.29, 1.82) is 0 Å². The molecule has 4 heteroatoms. The molecule has 0 radical (unpaired) electrons. The van der Waals surface area contributed by atoms with E-state index in [1.807, 2.05) is 24.3 Å². The smallest absolute Gasteiger partial charge is 0.207 e. The van der Waals surface area contributed by atoms with E-state index >= 15 is 0 Å². The van der Waals surface area contributed by atoms with Crippen LogP contribution in [0.1, 0.15) is 51.5 Å². The minimum Gasteiger partial charge on any atom is -0.328 e. The number of hydrogen-bond donors (Lipinski definition) is 0. The highest BCUT2D eigenvalue weighted by atomic mass is 35.5. The van der Waals surface area contributed by atoms with Crippen LogP contribution in [0.5, 0.6) is 0 Å². The maximum atomic E-state index is 13.0. The molecule has 0 amide bonds. The van der Waals surface area contributed by atoms with E-state index in [9.17, 15) is 4.57 Å². The summed E-state index contributed by atoms with van der Waals surface area (Å²) in [6, 6.07) is 7.58. The van der Waals surface area contributed by atoms with Gasteiger partial charge in [0.05, 0.1) is 6.61 Å². The lowest BCUT2D eigenvalue weighted by atomic mass is 10.2. The fourth-order valence-corrected chi connectivity index (χ4v) is 4.47. The molecule has 20 heavy (non-hydrogen) atoms. The molecule has 1 atom stereocenters. The lowest BCUT2D eigenvalue weighted by Gasteiger charge is -2.19. The van der Waals surface area contributed by atoms with Gasteiger partial charge in [-0.15, -0.1) is 0 Å². The van der Waals surface area contributed by atoms with Gasteiger partial charge in [0.25, 0.3) is 0 Å². The highest BCUT2D eigenvalue weighted by Crippen LogP contribution is 2.51. The molecular formula is C16H26ClO2P. The Morgan fingerprint density at radius 3 is 2.30 bits per heavy atom. The van der Waals surface area contributed by atoms with Crippen LogP contribution in [0.2, 0.25) is 5.02 Å². The highest BCUT2D eigenvalue weighted by molar-refractivity contribution is 7.58. The Bertz CT molecular complexity index is 403. The summed E-state index contributed by atoms with van der Waals surface area (Å²) in [6.07, 6.45) is 6.48. The summed E-state index contributed by atoms with van der Waals surface area (Å²) in [5.74, 6) is 0. The minimum absolute atomic E-state index is 0.525. The fourth-order valence-electron chi connectivity index (χ4n) is 2.04. The van der Waals surface area contributed by atoms with Crippen molar-refractivity contribution in [3.8, 4) is 0 Å². The first-order chi connectivity index (χ1) is 9.59. The van der Waals surface area contributed by atoms with Gasteiger partial charge in [-0.2, -0.15) is 0 Å². The summed E-state index contributed by atoms with van der Waals surface area (Å²) in [5.41, 5.74) is 1.05. The van der Waals surface area contributed by atoms with Crippen molar-refractivity contribution in [1.82, 2.24) is 0 Å². The Labute approximate surface area is 128 Å². The van der Waals surface area contributed by atoms with Gasteiger partial charge in [0.1, 0.15) is 0 Å². The first kappa shape index (κ1) is 17.8. The molecule has 0 saturated heterocycles. The van der Waals surface area contributed by atoms with Crippen LogP contribution in [0.4, 0.5) is 0 Å². The molecule has 0 bridgehead atoms. The van der Waals surface area contributed by atoms with E-state index in [0.717, 1.165) is 37.7 Å². The highest BCUT2D eigenvalue weighted by Gasteiger charge is 2.23. The van der Waals surface area contributed by atoms with Crippen LogP contribution in [0, 0.1) is 0 Å². The maximum Gasteiger partial charge on any atom is 0.207 e. The molecule has 0 spiro atoms. The van der Waals surface area contributed by atoms with Gasteiger partial charge >= 0.3 is 0 Å². The monoisotopic (exact) mass is 316 g/mol. The Hall–Kier alpha value is -0.300. The van der Waals surface area contributed by atoms with Crippen LogP contribution in [-0.4, -0.2) is 12.8 Å². The third-order valence-corrected chi connectivity index (χ3v) is 6.01. The third kappa shape index (κ3) is 6.92. The molecule has 0 saturated carbocycles. The number of unbranched alkanes of at least 4 members (excludes halogenated alkanes) is 3. The molecule has 2 nitrogen and oxygen atoms in total. The Morgan fingerprint density at radius 2 is 1.70 bits per heavy atom. The zero-order valence-electron chi connectivity index (χ0n) is 12.6. The van der Waals surface area contributed by atoms with Crippen molar-refractivity contribution in [2.24, 2.45) is 0 Å². The Balaban J connectivity index is 2.64. The molecule has 114 valence electrons. The number of benzene rings is 1. The summed E-state index contributed by atoms with van der Waals surface area (Å²) in [5, 5.41) is 0.710. The quantitative estimate of drug-likeness (QED) is 0.383. The summed E-state index contributed by atoms with van der Waals surface area (Å²) in [7, 11) is -2.56. The van der Waals surface area contributed by atoms with E-state index in [1.54, 1.807) is 0 Å². The SMILES string of the molecule is CCCCCP(=O)(Cc1ccc(Cl)cc1)OCCCC. The molecule has 0 aromatic heterocycles. The van der Waals surface area contributed by atoms with Crippen LogP contribution < -0.4 is 0 Å². The second kappa shape index (κ2) is 9.60. The summed E-state index contributed by atoms with van der Waals surface area (Å²) in [4.78, 5) is 0. The average molecular weight is 317 g/mol. The Morgan fingerprint density at radius 1 is 1.05 bits per heavy atom. The molecule has 0 aliphatic carbocycles. The van der Waals surface area contributed by atoms with Crippen molar-refractivity contribution in [3.05, 3.63) is 34.9 Å². The van der Waals surface area contributed by atoms with Gasteiger partial charge in [0, 0.05) is 17.3 Å². The molecule has 1 aromatic rings. The second-order valence-corrected chi connectivity index (χ2v) is 8.30. The minimum atomic E-state index is -2.56. The topological polar surface area (TPSA) is 26.3 Å². The molecule has 0 heterocycles. The van der Waals surface area contributed by atoms with E-state index < -0.39 is 7.37 Å². The molecule has 0 aliphatic rings. The molecule has 1 rings (SSSR count). The molecule has 0 fully saturated rings. The van der Waals surface area contributed by atoms with Crippen LogP contribution in [0.15, 0.2) is 24.3 Å². The number of hydrogen-bond acceptors (Lipinski definition) is 2. The lowest BCUT2D eigenvalue weighted by Crippen LogP contribution is -2.01. The van der Waals surface area contributed by atoms with Crippen LogP contribution in [0.3, 0.4) is 0 Å². The van der Waals surface area contributed by atoms with Crippen molar-refractivity contribution in [2.45, 2.75) is 52.1 Å². The summed E-state index contributed by atoms with van der Waals surface area (Å²) < 4.78 is 18.7. The first-order valence-corrected chi connectivity index (χ1v) is 9.94. The normalized spacial score (nSPS) is 14.2. The standard InChI is InChI=1S/C16H26ClO2P/c1-3-5-7-13-20(18,19-12-6-4-2)14-15-8-10-16(17)11-9-15/h8-11H,3-7,12-14H2,1-2H3. The van der Waals surface area contributed by atoms with Gasteiger partial charge in [-0.25, -0.2) is 0 Å². The van der Waals surface area contributed by atoms with Crippen molar-refractivity contribution in [2.75, 3.05) is 12.8 Å². The molecule has 0 aliphatic heterocycles. The number of rotatable bonds is 10. The van der Waals surface area contributed by atoms with Crippen LogP contribution in [-0.2, 0) is 15.3 Å². The second-order valence-electron chi connectivity index (χ2n) is 5.22. The average Bonchev–Trinajstić information content (AvgIpc) is 2.42. The summed E-state index contributed by atoms with van der Waals surface area (Å²) in [6.45, 7) is 4.88. The fraction of sp³-hybridized carbons (Fsp3) is 0.625. The van der Waals surface area contributed by atoms with E-state index in [-0.39, 0.29) is 0 Å². The third-order valence-electron chi connectivity index (χ3n) is 3.26. The van der Waals surface area contributed by atoms with Gasteiger partial charge < -0.3 is 4.52 Å². The van der Waals surface area contributed by atoms with Crippen molar-refractivity contribution in [3.63, 3.8) is 0 Å². The van der Waals surface area contributed by atoms with Gasteiger partial charge in [-0.3, -0.25) is 4.57 Å². The van der Waals surface area contributed by atoms with E-state index in [2.05, 4.69) is 13.8 Å².